The molecule has 12 heavy (non-hydrogen) atoms. The Labute approximate surface area is 76.6 Å². The smallest absolute Gasteiger partial charge is 0.283 e. The van der Waals surface area contributed by atoms with Gasteiger partial charge in [-0.3, -0.25) is 4.79 Å². The Morgan fingerprint density at radius 1 is 1.42 bits per heavy atom. The maximum atomic E-state index is 11.0. The highest BCUT2D eigenvalue weighted by Gasteiger charge is 2.21. The summed E-state index contributed by atoms with van der Waals surface area (Å²) in [6, 6.07) is 7.93. The minimum Gasteiger partial charge on any atom is -0.303 e. The third kappa shape index (κ3) is 1.10. The number of amides is 1. The molecule has 0 saturated heterocycles. The first kappa shape index (κ1) is 7.68. The molecule has 0 saturated carbocycles. The van der Waals surface area contributed by atoms with Gasteiger partial charge >= 0.3 is 0 Å². The van der Waals surface area contributed by atoms with Crippen molar-refractivity contribution < 1.29 is 4.79 Å². The van der Waals surface area contributed by atoms with Crippen LogP contribution in [0.1, 0.15) is 5.56 Å². The summed E-state index contributed by atoms with van der Waals surface area (Å²) >= 11 is 3.80. The van der Waals surface area contributed by atoms with Gasteiger partial charge in [-0.05, 0) is 18.1 Å². The van der Waals surface area contributed by atoms with Gasteiger partial charge in [0.05, 0.1) is 0 Å². The Balaban J connectivity index is 2.42. The number of anilines is 1. The Kier molecular flexibility index (Phi) is 1.81. The molecule has 62 valence electrons. The Morgan fingerprint density at radius 2 is 2.17 bits per heavy atom. The lowest BCUT2D eigenvalue weighted by Gasteiger charge is -2.12. The van der Waals surface area contributed by atoms with Gasteiger partial charge in [0.1, 0.15) is 0 Å². The number of thiol groups is 1. The van der Waals surface area contributed by atoms with Crippen molar-refractivity contribution in [3.63, 3.8) is 0 Å². The molecule has 1 aromatic rings. The third-order valence-electron chi connectivity index (χ3n) is 2.12. The molecule has 0 N–H and O–H groups in total. The van der Waals surface area contributed by atoms with E-state index in [1.165, 1.54) is 5.56 Å². The van der Waals surface area contributed by atoms with Crippen molar-refractivity contribution in [3.8, 4) is 0 Å². The van der Waals surface area contributed by atoms with Crippen molar-refractivity contribution in [1.29, 1.82) is 0 Å². The van der Waals surface area contributed by atoms with Crippen LogP contribution in [-0.2, 0) is 6.42 Å². The molecule has 0 aromatic heterocycles. The average molecular weight is 179 g/mol. The molecular weight excluding hydrogens is 170 g/mol. The van der Waals surface area contributed by atoms with E-state index in [0.717, 1.165) is 18.7 Å². The Hall–Kier alpha value is -0.960. The first-order valence-electron chi connectivity index (χ1n) is 3.87. The molecule has 2 nitrogen and oxygen atoms in total. The highest BCUT2D eigenvalue weighted by molar-refractivity contribution is 7.96. The van der Waals surface area contributed by atoms with Crippen LogP contribution in [0.2, 0.25) is 0 Å². The Morgan fingerprint density at radius 3 is 2.92 bits per heavy atom. The van der Waals surface area contributed by atoms with Gasteiger partial charge in [0, 0.05) is 12.2 Å². The lowest BCUT2D eigenvalue weighted by Crippen LogP contribution is -2.22. The molecule has 0 spiro atoms. The summed E-state index contributed by atoms with van der Waals surface area (Å²) in [7, 11) is 0. The largest absolute Gasteiger partial charge is 0.303 e. The summed E-state index contributed by atoms with van der Waals surface area (Å²) in [6.07, 6.45) is 0.947. The SMILES string of the molecule is O=C(S)N1CCc2ccccc21. The minimum absolute atomic E-state index is 0.167. The molecule has 1 aromatic carbocycles. The molecule has 0 atom stereocenters. The average Bonchev–Trinajstić information content (AvgIpc) is 2.47. The van der Waals surface area contributed by atoms with E-state index in [0.29, 0.717) is 0 Å². The second kappa shape index (κ2) is 2.83. The van der Waals surface area contributed by atoms with Crippen LogP contribution in [0.25, 0.3) is 0 Å². The van der Waals surface area contributed by atoms with E-state index in [2.05, 4.69) is 12.6 Å². The maximum absolute atomic E-state index is 11.0. The van der Waals surface area contributed by atoms with E-state index < -0.39 is 0 Å². The van der Waals surface area contributed by atoms with Crippen molar-refractivity contribution in [2.45, 2.75) is 6.42 Å². The van der Waals surface area contributed by atoms with E-state index in [1.807, 2.05) is 24.3 Å². The van der Waals surface area contributed by atoms with Gasteiger partial charge in [-0.1, -0.05) is 30.8 Å². The predicted octanol–water partition coefficient (Wildman–Crippen LogP) is 2.10. The van der Waals surface area contributed by atoms with Gasteiger partial charge in [0.25, 0.3) is 5.24 Å². The minimum atomic E-state index is -0.167. The van der Waals surface area contributed by atoms with Crippen molar-refractivity contribution in [2.24, 2.45) is 0 Å². The lowest BCUT2D eigenvalue weighted by atomic mass is 10.2. The molecule has 0 radical (unpaired) electrons. The van der Waals surface area contributed by atoms with Crippen LogP contribution in [0.5, 0.6) is 0 Å². The Bertz CT molecular complexity index is 324. The molecule has 0 bridgehead atoms. The summed E-state index contributed by atoms with van der Waals surface area (Å²) in [5, 5.41) is -0.167. The number of fused-ring (bicyclic) bond motifs is 1. The zero-order chi connectivity index (χ0) is 8.55. The molecule has 0 fully saturated rings. The van der Waals surface area contributed by atoms with E-state index in [9.17, 15) is 4.79 Å². The summed E-state index contributed by atoms with van der Waals surface area (Å²) in [5.41, 5.74) is 2.25. The van der Waals surface area contributed by atoms with Crippen molar-refractivity contribution >= 4 is 23.6 Å². The van der Waals surface area contributed by atoms with Crippen molar-refractivity contribution in [2.75, 3.05) is 11.4 Å². The number of hydrogen-bond acceptors (Lipinski definition) is 1. The van der Waals surface area contributed by atoms with Crippen LogP contribution in [0.3, 0.4) is 0 Å². The molecule has 1 amide bonds. The van der Waals surface area contributed by atoms with Crippen LogP contribution < -0.4 is 4.90 Å². The standard InChI is InChI=1S/C9H9NOS/c11-9(12)10-6-5-7-3-1-2-4-8(7)10/h1-4H,5-6H2,(H,11,12). The van der Waals surface area contributed by atoms with Crippen LogP contribution in [0, 0.1) is 0 Å². The summed E-state index contributed by atoms with van der Waals surface area (Å²) in [5.74, 6) is 0. The number of carbonyl (C=O) groups is 1. The maximum Gasteiger partial charge on any atom is 0.283 e. The fourth-order valence-corrected chi connectivity index (χ4v) is 1.74. The van der Waals surface area contributed by atoms with Gasteiger partial charge in [0.2, 0.25) is 0 Å². The van der Waals surface area contributed by atoms with Gasteiger partial charge in [-0.25, -0.2) is 0 Å². The summed E-state index contributed by atoms with van der Waals surface area (Å²) in [4.78, 5) is 12.7. The number of nitrogens with zero attached hydrogens (tertiary/aromatic N) is 1. The van der Waals surface area contributed by atoms with E-state index in [1.54, 1.807) is 4.90 Å². The number of carbonyl (C=O) groups excluding carboxylic acids is 1. The molecule has 1 heterocycles. The fraction of sp³-hybridized carbons (Fsp3) is 0.222. The zero-order valence-corrected chi connectivity index (χ0v) is 7.42. The van der Waals surface area contributed by atoms with Gasteiger partial charge < -0.3 is 4.90 Å². The van der Waals surface area contributed by atoms with Crippen LogP contribution in [-0.4, -0.2) is 11.8 Å². The van der Waals surface area contributed by atoms with Gasteiger partial charge in [-0.2, -0.15) is 0 Å². The predicted molar refractivity (Wildman–Crippen MR) is 51.9 cm³/mol. The van der Waals surface area contributed by atoms with Gasteiger partial charge in [0.15, 0.2) is 0 Å². The molecule has 1 aliphatic rings. The van der Waals surface area contributed by atoms with Crippen molar-refractivity contribution in [1.82, 2.24) is 0 Å². The molecular formula is C9H9NOS. The molecule has 0 aliphatic carbocycles. The van der Waals surface area contributed by atoms with E-state index in [-0.39, 0.29) is 5.24 Å². The highest BCUT2D eigenvalue weighted by Crippen LogP contribution is 2.27. The zero-order valence-electron chi connectivity index (χ0n) is 6.53. The van der Waals surface area contributed by atoms with Crippen LogP contribution in [0.15, 0.2) is 24.3 Å². The lowest BCUT2D eigenvalue weighted by molar-refractivity contribution is 0.266. The number of para-hydroxylation sites is 1. The second-order valence-corrected chi connectivity index (χ2v) is 3.20. The third-order valence-corrected chi connectivity index (χ3v) is 2.36. The molecule has 1 aliphatic heterocycles. The van der Waals surface area contributed by atoms with Crippen LogP contribution >= 0.6 is 12.6 Å². The fourth-order valence-electron chi connectivity index (χ4n) is 1.54. The summed E-state index contributed by atoms with van der Waals surface area (Å²) in [6.45, 7) is 0.766. The van der Waals surface area contributed by atoms with Gasteiger partial charge in [-0.15, -0.1) is 0 Å². The summed E-state index contributed by atoms with van der Waals surface area (Å²) < 4.78 is 0. The normalized spacial score (nSPS) is 14.6. The number of rotatable bonds is 0. The monoisotopic (exact) mass is 179 g/mol. The topological polar surface area (TPSA) is 20.3 Å². The number of benzene rings is 1. The highest BCUT2D eigenvalue weighted by atomic mass is 32.1. The van der Waals surface area contributed by atoms with E-state index >= 15 is 0 Å². The van der Waals surface area contributed by atoms with Crippen LogP contribution in [0.4, 0.5) is 10.5 Å². The molecule has 3 heteroatoms. The molecule has 0 unspecified atom stereocenters. The van der Waals surface area contributed by atoms with Crippen molar-refractivity contribution in [3.05, 3.63) is 29.8 Å². The second-order valence-electron chi connectivity index (χ2n) is 2.81. The quantitative estimate of drug-likeness (QED) is 0.605. The van der Waals surface area contributed by atoms with E-state index in [4.69, 9.17) is 0 Å². The molecule has 2 rings (SSSR count). The number of hydrogen-bond donors (Lipinski definition) is 1. The first-order chi connectivity index (χ1) is 5.79. The first-order valence-corrected chi connectivity index (χ1v) is 4.32.